The Morgan fingerprint density at radius 2 is 2.20 bits per heavy atom. The molecule has 0 saturated heterocycles. The number of amides is 1. The van der Waals surface area contributed by atoms with Crippen molar-refractivity contribution in [3.05, 3.63) is 22.7 Å². The molecule has 0 aliphatic rings. The number of aromatic nitrogens is 4. The van der Waals surface area contributed by atoms with Crippen LogP contribution in [0.1, 0.15) is 30.6 Å². The van der Waals surface area contributed by atoms with Gasteiger partial charge in [-0.1, -0.05) is 23.6 Å². The smallest absolute Gasteiger partial charge is 0.387 e. The summed E-state index contributed by atoms with van der Waals surface area (Å²) in [7, 11) is 0. The number of tetrazole rings is 1. The molecule has 7 nitrogen and oxygen atoms in total. The normalized spacial score (nSPS) is 11.0. The monoisotopic (exact) mass is 391 g/mol. The van der Waals surface area contributed by atoms with E-state index in [4.69, 9.17) is 11.6 Å². The van der Waals surface area contributed by atoms with E-state index in [9.17, 15) is 13.6 Å². The molecule has 0 unspecified atom stereocenters. The van der Waals surface area contributed by atoms with Crippen LogP contribution in [0.25, 0.3) is 0 Å². The van der Waals surface area contributed by atoms with Gasteiger partial charge in [0.2, 0.25) is 5.95 Å². The zero-order valence-electron chi connectivity index (χ0n) is 13.5. The van der Waals surface area contributed by atoms with Crippen molar-refractivity contribution < 1.29 is 18.3 Å². The Hall–Kier alpha value is -1.94. The number of nitrogens with zero attached hydrogens (tertiary/aromatic N) is 4. The third-order valence-electron chi connectivity index (χ3n) is 3.03. The average Bonchev–Trinajstić information content (AvgIpc) is 3.01. The second-order valence-corrected chi connectivity index (χ2v) is 6.24. The van der Waals surface area contributed by atoms with Crippen molar-refractivity contribution in [1.29, 1.82) is 0 Å². The number of ether oxygens (including phenoxy) is 1. The third kappa shape index (κ3) is 4.79. The molecular weight excluding hydrogens is 376 g/mol. The minimum atomic E-state index is -2.98. The molecule has 0 atom stereocenters. The van der Waals surface area contributed by atoms with E-state index in [0.29, 0.717) is 17.2 Å². The maximum Gasteiger partial charge on any atom is 0.387 e. The molecule has 2 rings (SSSR count). The molecule has 1 aromatic heterocycles. The number of halogens is 3. The molecule has 1 N–H and O–H groups in total. The van der Waals surface area contributed by atoms with Crippen molar-refractivity contribution in [3.8, 4) is 5.75 Å². The second kappa shape index (κ2) is 8.95. The van der Waals surface area contributed by atoms with Gasteiger partial charge in [-0.05, 0) is 41.7 Å². The van der Waals surface area contributed by atoms with Crippen LogP contribution in [0.5, 0.6) is 5.75 Å². The number of aryl methyl sites for hydroxylation is 1. The first-order chi connectivity index (χ1) is 12.0. The van der Waals surface area contributed by atoms with Crippen molar-refractivity contribution in [3.63, 3.8) is 0 Å². The number of alkyl halides is 2. The molecule has 2 aromatic rings. The molecular formula is C14H16ClF2N5O2S. The highest BCUT2D eigenvalue weighted by molar-refractivity contribution is 7.99. The summed E-state index contributed by atoms with van der Waals surface area (Å²) in [6, 6.07) is 2.62. The van der Waals surface area contributed by atoms with Gasteiger partial charge in [-0.3, -0.25) is 10.1 Å². The van der Waals surface area contributed by atoms with Crippen LogP contribution in [0.4, 0.5) is 14.7 Å². The highest BCUT2D eigenvalue weighted by Gasteiger charge is 2.21. The van der Waals surface area contributed by atoms with Gasteiger partial charge in [-0.15, -0.1) is 11.8 Å². The van der Waals surface area contributed by atoms with E-state index in [0.717, 1.165) is 6.42 Å². The van der Waals surface area contributed by atoms with E-state index in [1.54, 1.807) is 0 Å². The lowest BCUT2D eigenvalue weighted by molar-refractivity contribution is -0.0516. The Morgan fingerprint density at radius 3 is 2.84 bits per heavy atom. The molecule has 0 bridgehead atoms. The van der Waals surface area contributed by atoms with Gasteiger partial charge in [0.05, 0.1) is 15.5 Å². The van der Waals surface area contributed by atoms with Crippen LogP contribution in [0.15, 0.2) is 17.0 Å². The molecule has 1 amide bonds. The minimum Gasteiger partial charge on any atom is -0.434 e. The van der Waals surface area contributed by atoms with E-state index >= 15 is 0 Å². The zero-order valence-corrected chi connectivity index (χ0v) is 15.1. The zero-order chi connectivity index (χ0) is 18.4. The minimum absolute atomic E-state index is 0.0459. The summed E-state index contributed by atoms with van der Waals surface area (Å²) in [5.41, 5.74) is 0.118. The number of thioether (sulfide) groups is 1. The van der Waals surface area contributed by atoms with Crippen LogP contribution in [-0.4, -0.2) is 38.5 Å². The molecule has 25 heavy (non-hydrogen) atoms. The number of carbonyl (C=O) groups is 1. The van der Waals surface area contributed by atoms with E-state index in [1.165, 1.54) is 28.6 Å². The number of hydrogen-bond acceptors (Lipinski definition) is 6. The van der Waals surface area contributed by atoms with Crippen LogP contribution in [-0.2, 0) is 6.54 Å². The van der Waals surface area contributed by atoms with E-state index in [-0.39, 0.29) is 22.3 Å². The van der Waals surface area contributed by atoms with Crippen LogP contribution < -0.4 is 10.1 Å². The van der Waals surface area contributed by atoms with Crippen LogP contribution in [0, 0.1) is 0 Å². The number of anilines is 1. The molecule has 0 saturated carbocycles. The van der Waals surface area contributed by atoms with Gasteiger partial charge in [-0.2, -0.15) is 8.78 Å². The van der Waals surface area contributed by atoms with Crippen molar-refractivity contribution in [1.82, 2.24) is 20.2 Å². The van der Waals surface area contributed by atoms with Gasteiger partial charge in [0.25, 0.3) is 5.91 Å². The predicted molar refractivity (Wildman–Crippen MR) is 90.5 cm³/mol. The summed E-state index contributed by atoms with van der Waals surface area (Å²) in [6.45, 7) is 1.24. The van der Waals surface area contributed by atoms with Gasteiger partial charge in [0, 0.05) is 6.54 Å². The van der Waals surface area contributed by atoms with Gasteiger partial charge in [0.1, 0.15) is 5.75 Å². The molecule has 136 valence electrons. The topological polar surface area (TPSA) is 81.9 Å². The number of carbonyl (C=O) groups excluding carboxylic acids is 1. The maximum atomic E-state index is 12.6. The van der Waals surface area contributed by atoms with Crippen molar-refractivity contribution in [2.75, 3.05) is 11.1 Å². The Balaban J connectivity index is 2.32. The summed E-state index contributed by atoms with van der Waals surface area (Å²) < 4.78 is 31.0. The fourth-order valence-corrected chi connectivity index (χ4v) is 3.23. The SMILES string of the molecule is CCCSc1c(OC(F)F)ccc(C(=O)Nc2nnnn2CC)c1Cl. The molecule has 0 aliphatic heterocycles. The van der Waals surface area contributed by atoms with Gasteiger partial charge < -0.3 is 4.74 Å². The summed E-state index contributed by atoms with van der Waals surface area (Å²) in [5.74, 6) is 0.197. The van der Waals surface area contributed by atoms with E-state index < -0.39 is 12.5 Å². The molecule has 1 aromatic carbocycles. The Labute approximate surface area is 152 Å². The van der Waals surface area contributed by atoms with Gasteiger partial charge in [0.15, 0.2) is 0 Å². The first-order valence-electron chi connectivity index (χ1n) is 7.45. The lowest BCUT2D eigenvalue weighted by Crippen LogP contribution is -2.17. The van der Waals surface area contributed by atoms with Gasteiger partial charge in [-0.25, -0.2) is 4.68 Å². The quantitative estimate of drug-likeness (QED) is 0.691. The molecule has 0 fully saturated rings. The summed E-state index contributed by atoms with van der Waals surface area (Å²) >= 11 is 7.52. The lowest BCUT2D eigenvalue weighted by Gasteiger charge is -2.14. The fourth-order valence-electron chi connectivity index (χ4n) is 1.92. The molecule has 1 heterocycles. The number of benzene rings is 1. The average molecular weight is 392 g/mol. The first kappa shape index (κ1) is 19.4. The molecule has 0 aliphatic carbocycles. The predicted octanol–water partition coefficient (Wildman–Crippen LogP) is 3.70. The summed E-state index contributed by atoms with van der Waals surface area (Å²) in [5, 5.41) is 13.5. The van der Waals surface area contributed by atoms with Crippen molar-refractivity contribution in [2.45, 2.75) is 38.3 Å². The molecule has 0 spiro atoms. The van der Waals surface area contributed by atoms with E-state index in [2.05, 4.69) is 25.6 Å². The van der Waals surface area contributed by atoms with Crippen LogP contribution >= 0.6 is 23.4 Å². The third-order valence-corrected chi connectivity index (χ3v) is 4.84. The van der Waals surface area contributed by atoms with Crippen molar-refractivity contribution in [2.24, 2.45) is 0 Å². The molecule has 0 radical (unpaired) electrons. The number of rotatable bonds is 8. The van der Waals surface area contributed by atoms with Gasteiger partial charge >= 0.3 is 6.61 Å². The number of hydrogen-bond donors (Lipinski definition) is 1. The van der Waals surface area contributed by atoms with E-state index in [1.807, 2.05) is 13.8 Å². The highest BCUT2D eigenvalue weighted by Crippen LogP contribution is 2.39. The summed E-state index contributed by atoms with van der Waals surface area (Å²) in [4.78, 5) is 12.8. The Morgan fingerprint density at radius 1 is 1.44 bits per heavy atom. The second-order valence-electron chi connectivity index (χ2n) is 4.75. The Kier molecular flexibility index (Phi) is 6.94. The fraction of sp³-hybridized carbons (Fsp3) is 0.429. The number of nitrogens with one attached hydrogen (secondary N) is 1. The van der Waals surface area contributed by atoms with Crippen molar-refractivity contribution >= 4 is 35.2 Å². The van der Waals surface area contributed by atoms with Crippen LogP contribution in [0.3, 0.4) is 0 Å². The highest BCUT2D eigenvalue weighted by atomic mass is 35.5. The molecule has 11 heteroatoms. The Bertz CT molecular complexity index is 744. The standard InChI is InChI=1S/C14H16ClF2N5O2S/c1-3-7-25-11-9(24-13(16)17)6-5-8(10(11)15)12(23)18-14-19-20-21-22(14)4-2/h5-6,13H,3-4,7H2,1-2H3,(H,18,19,21,23). The summed E-state index contributed by atoms with van der Waals surface area (Å²) in [6.07, 6.45) is 0.802. The first-order valence-corrected chi connectivity index (χ1v) is 8.81. The lowest BCUT2D eigenvalue weighted by atomic mass is 10.2. The largest absolute Gasteiger partial charge is 0.434 e. The maximum absolute atomic E-state index is 12.6. The van der Waals surface area contributed by atoms with Crippen LogP contribution in [0.2, 0.25) is 5.02 Å².